The molecule has 1 aromatic heterocycles. The number of hydrogen-bond acceptors (Lipinski definition) is 5. The van der Waals surface area contributed by atoms with E-state index in [0.29, 0.717) is 11.4 Å². The van der Waals surface area contributed by atoms with Gasteiger partial charge in [0, 0.05) is 17.8 Å². The first kappa shape index (κ1) is 22.2. The molecule has 1 saturated heterocycles. The van der Waals surface area contributed by atoms with Gasteiger partial charge in [-0.3, -0.25) is 14.5 Å². The second-order valence-electron chi connectivity index (χ2n) is 8.44. The predicted octanol–water partition coefficient (Wildman–Crippen LogP) is 4.44. The number of carbonyl (C=O) groups is 2. The largest absolute Gasteiger partial charge is 0.368 e. The molecule has 7 heteroatoms. The van der Waals surface area contributed by atoms with E-state index in [0.717, 1.165) is 52.5 Å². The normalized spacial score (nSPS) is 16.3. The zero-order chi connectivity index (χ0) is 22.8. The van der Waals surface area contributed by atoms with Gasteiger partial charge in [-0.1, -0.05) is 35.9 Å². The average molecular weight is 449 g/mol. The Morgan fingerprint density at radius 1 is 1.19 bits per heavy atom. The lowest BCUT2D eigenvalue weighted by molar-refractivity contribution is -0.122. The summed E-state index contributed by atoms with van der Waals surface area (Å²) < 4.78 is 0. The van der Waals surface area contributed by atoms with Crippen LogP contribution in [0.25, 0.3) is 10.6 Å². The minimum atomic E-state index is -0.271. The van der Waals surface area contributed by atoms with Gasteiger partial charge in [0.1, 0.15) is 9.88 Å². The van der Waals surface area contributed by atoms with Crippen molar-refractivity contribution in [3.05, 3.63) is 69.7 Å². The van der Waals surface area contributed by atoms with Gasteiger partial charge in [-0.2, -0.15) is 0 Å². The SMILES string of the molecule is Cc1ccc(-c2nc(C)c(C(=O)Nc3cccc(CN4CCCC4C(N)=O)c3)s2)c(C)c1. The van der Waals surface area contributed by atoms with Crippen molar-refractivity contribution >= 4 is 28.8 Å². The summed E-state index contributed by atoms with van der Waals surface area (Å²) >= 11 is 1.41. The van der Waals surface area contributed by atoms with Crippen LogP contribution in [0.3, 0.4) is 0 Å². The third-order valence-corrected chi connectivity index (χ3v) is 7.07. The van der Waals surface area contributed by atoms with Crippen LogP contribution in [0.2, 0.25) is 0 Å². The number of amides is 2. The van der Waals surface area contributed by atoms with Crippen molar-refractivity contribution in [3.8, 4) is 10.6 Å². The zero-order valence-corrected chi connectivity index (χ0v) is 19.5. The number of likely N-dealkylation sites (tertiary alicyclic amines) is 1. The number of nitrogens with zero attached hydrogens (tertiary/aromatic N) is 2. The lowest BCUT2D eigenvalue weighted by Crippen LogP contribution is -2.39. The Morgan fingerprint density at radius 2 is 2.00 bits per heavy atom. The van der Waals surface area contributed by atoms with Crippen LogP contribution in [0.1, 0.15) is 44.9 Å². The van der Waals surface area contributed by atoms with Crippen molar-refractivity contribution in [1.29, 1.82) is 0 Å². The molecular formula is C25H28N4O2S. The van der Waals surface area contributed by atoms with Crippen molar-refractivity contribution in [2.45, 2.75) is 46.2 Å². The van der Waals surface area contributed by atoms with Crippen LogP contribution < -0.4 is 11.1 Å². The van der Waals surface area contributed by atoms with Crippen LogP contribution in [-0.2, 0) is 11.3 Å². The van der Waals surface area contributed by atoms with Crippen molar-refractivity contribution in [3.63, 3.8) is 0 Å². The summed E-state index contributed by atoms with van der Waals surface area (Å²) in [6, 6.07) is 13.8. The summed E-state index contributed by atoms with van der Waals surface area (Å²) in [4.78, 5) is 32.0. The van der Waals surface area contributed by atoms with E-state index in [-0.39, 0.29) is 17.9 Å². The molecule has 6 nitrogen and oxygen atoms in total. The third kappa shape index (κ3) is 4.74. The second-order valence-corrected chi connectivity index (χ2v) is 9.44. The number of thiazole rings is 1. The fourth-order valence-electron chi connectivity index (χ4n) is 4.28. The van der Waals surface area contributed by atoms with E-state index >= 15 is 0 Å². The summed E-state index contributed by atoms with van der Waals surface area (Å²) in [6.07, 6.45) is 1.77. The topological polar surface area (TPSA) is 88.3 Å². The smallest absolute Gasteiger partial charge is 0.267 e. The van der Waals surface area contributed by atoms with Gasteiger partial charge in [0.05, 0.1) is 11.7 Å². The molecule has 2 heterocycles. The van der Waals surface area contributed by atoms with Crippen LogP contribution in [0.15, 0.2) is 42.5 Å². The average Bonchev–Trinajstić information content (AvgIpc) is 3.35. The first-order chi connectivity index (χ1) is 15.3. The molecule has 2 aromatic carbocycles. The highest BCUT2D eigenvalue weighted by atomic mass is 32.1. The number of carbonyl (C=O) groups excluding carboxylic acids is 2. The number of hydrogen-bond donors (Lipinski definition) is 2. The molecule has 0 spiro atoms. The number of nitrogens with two attached hydrogens (primary N) is 1. The Balaban J connectivity index is 1.49. The first-order valence-electron chi connectivity index (χ1n) is 10.8. The lowest BCUT2D eigenvalue weighted by atomic mass is 10.1. The molecular weight excluding hydrogens is 420 g/mol. The van der Waals surface area contributed by atoms with E-state index in [9.17, 15) is 9.59 Å². The van der Waals surface area contributed by atoms with Gasteiger partial charge in [-0.05, 0) is 63.4 Å². The minimum Gasteiger partial charge on any atom is -0.368 e. The minimum absolute atomic E-state index is 0.163. The molecule has 1 aliphatic heterocycles. The molecule has 0 saturated carbocycles. The molecule has 166 valence electrons. The number of anilines is 1. The summed E-state index contributed by atoms with van der Waals surface area (Å²) in [5, 5.41) is 3.86. The van der Waals surface area contributed by atoms with Gasteiger partial charge >= 0.3 is 0 Å². The molecule has 1 unspecified atom stereocenters. The van der Waals surface area contributed by atoms with E-state index < -0.39 is 0 Å². The van der Waals surface area contributed by atoms with Crippen LogP contribution in [0.5, 0.6) is 0 Å². The summed E-state index contributed by atoms with van der Waals surface area (Å²) in [5.41, 5.74) is 11.4. The highest BCUT2D eigenvalue weighted by molar-refractivity contribution is 7.17. The third-order valence-electron chi connectivity index (χ3n) is 5.88. The predicted molar refractivity (Wildman–Crippen MR) is 129 cm³/mol. The highest BCUT2D eigenvalue weighted by Gasteiger charge is 2.28. The molecule has 1 fully saturated rings. The summed E-state index contributed by atoms with van der Waals surface area (Å²) in [7, 11) is 0. The van der Waals surface area contributed by atoms with E-state index in [2.05, 4.69) is 47.2 Å². The maximum atomic E-state index is 13.0. The van der Waals surface area contributed by atoms with Crippen LogP contribution in [0, 0.1) is 20.8 Å². The van der Waals surface area contributed by atoms with Gasteiger partial charge in [0.15, 0.2) is 0 Å². The van der Waals surface area contributed by atoms with Crippen molar-refractivity contribution in [2.24, 2.45) is 5.73 Å². The molecule has 4 rings (SSSR count). The molecule has 32 heavy (non-hydrogen) atoms. The van der Waals surface area contributed by atoms with Gasteiger partial charge < -0.3 is 11.1 Å². The van der Waals surface area contributed by atoms with E-state index in [1.54, 1.807) is 0 Å². The maximum Gasteiger partial charge on any atom is 0.267 e. The summed E-state index contributed by atoms with van der Waals surface area (Å²) in [6.45, 7) is 7.48. The molecule has 1 aliphatic rings. The lowest BCUT2D eigenvalue weighted by Gasteiger charge is -2.22. The van der Waals surface area contributed by atoms with E-state index in [1.165, 1.54) is 16.9 Å². The van der Waals surface area contributed by atoms with E-state index in [4.69, 9.17) is 5.73 Å². The molecule has 2 amide bonds. The standard InChI is InChI=1S/C25H28N4O2S/c1-15-9-10-20(16(2)12-15)25-27-17(3)22(32-25)24(31)28-19-7-4-6-18(13-19)14-29-11-5-8-21(29)23(26)30/h4,6-7,9-10,12-13,21H,5,8,11,14H2,1-3H3,(H2,26,30)(H,28,31). The molecule has 0 aliphatic carbocycles. The zero-order valence-electron chi connectivity index (χ0n) is 18.6. The van der Waals surface area contributed by atoms with Crippen molar-refractivity contribution < 1.29 is 9.59 Å². The number of aromatic nitrogens is 1. The fourth-order valence-corrected chi connectivity index (χ4v) is 5.34. The Hall–Kier alpha value is -3.03. The first-order valence-corrected chi connectivity index (χ1v) is 11.6. The number of rotatable bonds is 6. The monoisotopic (exact) mass is 448 g/mol. The number of primary amides is 1. The quantitative estimate of drug-likeness (QED) is 0.584. The van der Waals surface area contributed by atoms with Crippen LogP contribution in [-0.4, -0.2) is 34.3 Å². The van der Waals surface area contributed by atoms with Gasteiger partial charge in [0.25, 0.3) is 5.91 Å². The number of benzene rings is 2. The van der Waals surface area contributed by atoms with Crippen molar-refractivity contribution in [2.75, 3.05) is 11.9 Å². The van der Waals surface area contributed by atoms with Gasteiger partial charge in [-0.15, -0.1) is 11.3 Å². The Bertz CT molecular complexity index is 1170. The molecule has 3 N–H and O–H groups in total. The maximum absolute atomic E-state index is 13.0. The van der Waals surface area contributed by atoms with Crippen LogP contribution >= 0.6 is 11.3 Å². The van der Waals surface area contributed by atoms with Crippen molar-refractivity contribution in [1.82, 2.24) is 9.88 Å². The second kappa shape index (κ2) is 9.22. The Labute approximate surface area is 192 Å². The molecule has 0 bridgehead atoms. The highest BCUT2D eigenvalue weighted by Crippen LogP contribution is 2.31. The Morgan fingerprint density at radius 3 is 2.75 bits per heavy atom. The molecule has 0 radical (unpaired) electrons. The molecule has 1 atom stereocenters. The number of aryl methyl sites for hydroxylation is 3. The summed E-state index contributed by atoms with van der Waals surface area (Å²) in [5.74, 6) is -0.434. The molecule has 3 aromatic rings. The van der Waals surface area contributed by atoms with Gasteiger partial charge in [0.2, 0.25) is 5.91 Å². The van der Waals surface area contributed by atoms with E-state index in [1.807, 2.05) is 31.2 Å². The number of nitrogens with one attached hydrogen (secondary N) is 1. The fraction of sp³-hybridized carbons (Fsp3) is 0.320. The van der Waals surface area contributed by atoms with Gasteiger partial charge in [-0.25, -0.2) is 4.98 Å². The van der Waals surface area contributed by atoms with Crippen LogP contribution in [0.4, 0.5) is 5.69 Å². The Kier molecular flexibility index (Phi) is 6.39.